The SMILES string of the molecule is CCOC(=O)CCCCC(/C=C/c1cc(F)ccc1OCCc1ccc(C(F)(F)F)cc1)Cc1cc(F)c(O[Si](C(C)C)(C(C)C)C(C)C)c(F)c1. The first kappa shape index (κ1) is 42.7. The maximum atomic E-state index is 15.7. The Morgan fingerprint density at radius 3 is 2.00 bits per heavy atom. The molecule has 0 spiro atoms. The molecule has 4 nitrogen and oxygen atoms in total. The lowest BCUT2D eigenvalue weighted by Crippen LogP contribution is -2.51. The molecule has 52 heavy (non-hydrogen) atoms. The predicted molar refractivity (Wildman–Crippen MR) is 196 cm³/mol. The molecule has 3 aromatic carbocycles. The summed E-state index contributed by atoms with van der Waals surface area (Å²) in [7, 11) is -2.63. The number of carbonyl (C=O) groups excluding carboxylic acids is 1. The van der Waals surface area contributed by atoms with Crippen LogP contribution in [0.4, 0.5) is 26.3 Å². The summed E-state index contributed by atoms with van der Waals surface area (Å²) in [5.41, 5.74) is 1.14. The summed E-state index contributed by atoms with van der Waals surface area (Å²) in [5, 5.41) is 0. The molecular formula is C41H52F6O4Si. The molecule has 0 bridgehead atoms. The largest absolute Gasteiger partial charge is 0.539 e. The number of rotatable bonds is 19. The summed E-state index contributed by atoms with van der Waals surface area (Å²) in [6.07, 6.45) is 1.72. The highest BCUT2D eigenvalue weighted by Gasteiger charge is 2.48. The van der Waals surface area contributed by atoms with Gasteiger partial charge in [0.1, 0.15) is 11.6 Å². The van der Waals surface area contributed by atoms with Crippen molar-refractivity contribution >= 4 is 20.4 Å². The number of hydrogen-bond acceptors (Lipinski definition) is 4. The second kappa shape index (κ2) is 19.4. The van der Waals surface area contributed by atoms with E-state index in [0.717, 1.165) is 12.1 Å². The van der Waals surface area contributed by atoms with E-state index in [4.69, 9.17) is 13.9 Å². The molecule has 0 radical (unpaired) electrons. The average Bonchev–Trinajstić information content (AvgIpc) is 3.05. The number of halogens is 6. The van der Waals surface area contributed by atoms with E-state index in [1.807, 2.05) is 47.6 Å². The van der Waals surface area contributed by atoms with Crippen LogP contribution in [0.1, 0.15) is 96.4 Å². The molecule has 0 aromatic heterocycles. The Bertz CT molecular complexity index is 1570. The van der Waals surface area contributed by atoms with Crippen LogP contribution in [0, 0.1) is 23.4 Å². The molecule has 0 heterocycles. The molecule has 286 valence electrons. The quantitative estimate of drug-likeness (QED) is 0.0530. The first-order chi connectivity index (χ1) is 24.5. The summed E-state index contributed by atoms with van der Waals surface area (Å²) in [6.45, 7) is 14.4. The fourth-order valence-electron chi connectivity index (χ4n) is 7.00. The summed E-state index contributed by atoms with van der Waals surface area (Å²) < 4.78 is 102. The molecule has 0 aliphatic rings. The van der Waals surface area contributed by atoms with Crippen LogP contribution >= 0.6 is 0 Å². The summed E-state index contributed by atoms with van der Waals surface area (Å²) in [6, 6.07) is 11.5. The van der Waals surface area contributed by atoms with E-state index >= 15 is 8.78 Å². The van der Waals surface area contributed by atoms with Crippen molar-refractivity contribution in [2.45, 2.75) is 110 Å². The van der Waals surface area contributed by atoms with Gasteiger partial charge in [-0.15, -0.1) is 0 Å². The summed E-state index contributed by atoms with van der Waals surface area (Å²) in [4.78, 5) is 11.9. The van der Waals surface area contributed by atoms with E-state index in [1.54, 1.807) is 13.0 Å². The molecule has 1 unspecified atom stereocenters. The van der Waals surface area contributed by atoms with E-state index in [0.29, 0.717) is 54.7 Å². The van der Waals surface area contributed by atoms with Crippen molar-refractivity contribution in [3.05, 3.63) is 100 Å². The summed E-state index contributed by atoms with van der Waals surface area (Å²) in [5.74, 6) is -2.52. The molecule has 0 saturated carbocycles. The zero-order valence-electron chi connectivity index (χ0n) is 31.2. The van der Waals surface area contributed by atoms with Crippen LogP contribution in [0.2, 0.25) is 16.6 Å². The number of benzene rings is 3. The van der Waals surface area contributed by atoms with Gasteiger partial charge in [0, 0.05) is 18.4 Å². The molecule has 0 saturated heterocycles. The second-order valence-electron chi connectivity index (χ2n) is 14.2. The Kier molecular flexibility index (Phi) is 15.9. The fraction of sp³-hybridized carbons (Fsp3) is 0.488. The van der Waals surface area contributed by atoms with Crippen LogP contribution in [-0.4, -0.2) is 27.5 Å². The zero-order valence-corrected chi connectivity index (χ0v) is 32.2. The third kappa shape index (κ3) is 11.9. The highest BCUT2D eigenvalue weighted by atomic mass is 28.4. The van der Waals surface area contributed by atoms with Crippen molar-refractivity contribution in [3.8, 4) is 11.5 Å². The Labute approximate surface area is 305 Å². The van der Waals surface area contributed by atoms with Gasteiger partial charge in [-0.25, -0.2) is 13.2 Å². The molecule has 0 N–H and O–H groups in total. The van der Waals surface area contributed by atoms with Gasteiger partial charge >= 0.3 is 12.1 Å². The average molecular weight is 751 g/mol. The van der Waals surface area contributed by atoms with E-state index in [-0.39, 0.29) is 53.7 Å². The minimum atomic E-state index is -4.42. The van der Waals surface area contributed by atoms with Gasteiger partial charge in [0.2, 0.25) is 0 Å². The van der Waals surface area contributed by atoms with Crippen molar-refractivity contribution in [1.82, 2.24) is 0 Å². The Morgan fingerprint density at radius 2 is 1.44 bits per heavy atom. The number of unbranched alkanes of at least 4 members (excludes halogenated alkanes) is 1. The van der Waals surface area contributed by atoms with Gasteiger partial charge in [0.15, 0.2) is 17.4 Å². The van der Waals surface area contributed by atoms with Crippen LogP contribution in [-0.2, 0) is 28.5 Å². The molecule has 0 aliphatic carbocycles. The third-order valence-corrected chi connectivity index (χ3v) is 15.5. The van der Waals surface area contributed by atoms with Crippen LogP contribution in [0.25, 0.3) is 6.08 Å². The minimum absolute atomic E-state index is 0.122. The van der Waals surface area contributed by atoms with Gasteiger partial charge in [-0.2, -0.15) is 13.2 Å². The van der Waals surface area contributed by atoms with Crippen molar-refractivity contribution in [1.29, 1.82) is 0 Å². The lowest BCUT2D eigenvalue weighted by atomic mass is 9.92. The monoisotopic (exact) mass is 750 g/mol. The molecule has 0 fully saturated rings. The highest BCUT2D eigenvalue weighted by Crippen LogP contribution is 2.44. The van der Waals surface area contributed by atoms with E-state index in [2.05, 4.69) is 0 Å². The number of allylic oxidation sites excluding steroid dienone is 1. The Morgan fingerprint density at radius 1 is 0.827 bits per heavy atom. The number of carbonyl (C=O) groups is 1. The first-order valence-corrected chi connectivity index (χ1v) is 20.2. The fourth-order valence-corrected chi connectivity index (χ4v) is 12.3. The molecule has 0 aliphatic heterocycles. The topological polar surface area (TPSA) is 44.8 Å². The standard InChI is InChI=1S/C41H52F6O4Si/c1-8-49-39(48)12-10-9-11-31(23-32-24-36(43)40(37(44)25-32)51-52(27(2)3,28(4)5)29(6)7)13-16-33-26-35(42)19-20-38(33)50-22-21-30-14-17-34(18-15-30)41(45,46)47/h13-20,24-29,31H,8-12,21-23H2,1-7H3/b16-13+. The van der Waals surface area contributed by atoms with Crippen LogP contribution in [0.3, 0.4) is 0 Å². The highest BCUT2D eigenvalue weighted by molar-refractivity contribution is 6.78. The molecule has 3 rings (SSSR count). The Hall–Kier alpha value is -3.73. The minimum Gasteiger partial charge on any atom is -0.539 e. The van der Waals surface area contributed by atoms with Gasteiger partial charge in [0.05, 0.1) is 18.8 Å². The van der Waals surface area contributed by atoms with Crippen LogP contribution in [0.15, 0.2) is 60.7 Å². The smallest absolute Gasteiger partial charge is 0.416 e. The molecule has 3 aromatic rings. The van der Waals surface area contributed by atoms with E-state index in [1.165, 1.54) is 42.5 Å². The maximum absolute atomic E-state index is 15.7. The number of alkyl halides is 3. The Balaban J connectivity index is 1.84. The maximum Gasteiger partial charge on any atom is 0.416 e. The lowest BCUT2D eigenvalue weighted by molar-refractivity contribution is -0.143. The van der Waals surface area contributed by atoms with Crippen molar-refractivity contribution in [2.24, 2.45) is 5.92 Å². The van der Waals surface area contributed by atoms with E-state index < -0.39 is 37.5 Å². The molecule has 1 atom stereocenters. The third-order valence-electron chi connectivity index (χ3n) is 9.50. The zero-order chi connectivity index (χ0) is 38.6. The number of esters is 1. The first-order valence-electron chi connectivity index (χ1n) is 18.1. The van der Waals surface area contributed by atoms with Crippen LogP contribution < -0.4 is 9.16 Å². The van der Waals surface area contributed by atoms with Gasteiger partial charge in [-0.3, -0.25) is 4.79 Å². The van der Waals surface area contributed by atoms with Crippen LogP contribution in [0.5, 0.6) is 11.5 Å². The van der Waals surface area contributed by atoms with Gasteiger partial charge in [-0.1, -0.05) is 72.2 Å². The van der Waals surface area contributed by atoms with E-state index in [9.17, 15) is 22.4 Å². The van der Waals surface area contributed by atoms with Crippen molar-refractivity contribution < 1.29 is 45.0 Å². The second-order valence-corrected chi connectivity index (χ2v) is 19.5. The molecule has 11 heteroatoms. The summed E-state index contributed by atoms with van der Waals surface area (Å²) >= 11 is 0. The predicted octanol–water partition coefficient (Wildman–Crippen LogP) is 12.3. The number of ether oxygens (including phenoxy) is 2. The lowest BCUT2D eigenvalue weighted by Gasteiger charge is -2.42. The van der Waals surface area contributed by atoms with Crippen molar-refractivity contribution in [3.63, 3.8) is 0 Å². The van der Waals surface area contributed by atoms with Gasteiger partial charge < -0.3 is 13.9 Å². The van der Waals surface area contributed by atoms with Crippen molar-refractivity contribution in [2.75, 3.05) is 13.2 Å². The van der Waals surface area contributed by atoms with Gasteiger partial charge in [-0.05, 0) is 102 Å². The molecular weight excluding hydrogens is 699 g/mol. The molecule has 0 amide bonds. The normalized spacial score (nSPS) is 13.0. The number of hydrogen-bond donors (Lipinski definition) is 0. The van der Waals surface area contributed by atoms with Gasteiger partial charge in [0.25, 0.3) is 8.32 Å².